The number of hydrogen-bond acceptors (Lipinski definition) is 5. The Balaban J connectivity index is 1.71. The van der Waals surface area contributed by atoms with Gasteiger partial charge in [0.25, 0.3) is 0 Å². The fourth-order valence-corrected chi connectivity index (χ4v) is 4.31. The van der Waals surface area contributed by atoms with Gasteiger partial charge in [-0.15, -0.1) is 0 Å². The van der Waals surface area contributed by atoms with Crippen molar-refractivity contribution in [2.24, 2.45) is 5.92 Å². The predicted octanol–water partition coefficient (Wildman–Crippen LogP) is 4.36. The van der Waals surface area contributed by atoms with E-state index >= 15 is 0 Å². The second-order valence-electron chi connectivity index (χ2n) is 8.30. The van der Waals surface area contributed by atoms with Crippen molar-refractivity contribution in [3.63, 3.8) is 0 Å². The number of ether oxygens (including phenoxy) is 3. The van der Waals surface area contributed by atoms with Gasteiger partial charge in [-0.05, 0) is 49.1 Å². The molecule has 1 N–H and O–H groups in total. The molecule has 168 valence electrons. The standard InChI is InChI=1S/C25H34N2O4/c1-17(2)25(18-8-10-19(29-3)11-9-18)26-24(28)16-27-14-6-7-22(27)21-13-12-20(30-4)15-23(21)31-5/h8-13,15,17,22,25H,6-7,14,16H2,1-5H3,(H,26,28). The highest BCUT2D eigenvalue weighted by Crippen LogP contribution is 2.38. The number of amides is 1. The lowest BCUT2D eigenvalue weighted by atomic mass is 9.96. The number of benzene rings is 2. The summed E-state index contributed by atoms with van der Waals surface area (Å²) in [6.07, 6.45) is 2.06. The number of hydrogen-bond donors (Lipinski definition) is 1. The van der Waals surface area contributed by atoms with Crippen molar-refractivity contribution in [2.75, 3.05) is 34.4 Å². The lowest BCUT2D eigenvalue weighted by Gasteiger charge is -2.28. The number of carbonyl (C=O) groups excluding carboxylic acids is 1. The van der Waals surface area contributed by atoms with Gasteiger partial charge in [0.1, 0.15) is 17.2 Å². The van der Waals surface area contributed by atoms with E-state index in [1.807, 2.05) is 42.5 Å². The highest BCUT2D eigenvalue weighted by atomic mass is 16.5. The van der Waals surface area contributed by atoms with Crippen LogP contribution in [0.4, 0.5) is 0 Å². The molecule has 1 fully saturated rings. The summed E-state index contributed by atoms with van der Waals surface area (Å²) in [5.41, 5.74) is 2.18. The zero-order valence-electron chi connectivity index (χ0n) is 19.2. The third kappa shape index (κ3) is 5.50. The van der Waals surface area contributed by atoms with E-state index in [4.69, 9.17) is 14.2 Å². The van der Waals surface area contributed by atoms with Crippen LogP contribution >= 0.6 is 0 Å². The number of rotatable bonds is 9. The normalized spacial score (nSPS) is 17.4. The lowest BCUT2D eigenvalue weighted by Crippen LogP contribution is -2.40. The molecule has 6 heteroatoms. The first kappa shape index (κ1) is 22.9. The monoisotopic (exact) mass is 426 g/mol. The minimum Gasteiger partial charge on any atom is -0.497 e. The van der Waals surface area contributed by atoms with E-state index in [1.165, 1.54) is 0 Å². The maximum atomic E-state index is 13.0. The molecule has 2 unspecified atom stereocenters. The largest absolute Gasteiger partial charge is 0.497 e. The summed E-state index contributed by atoms with van der Waals surface area (Å²) in [6.45, 7) is 5.49. The van der Waals surface area contributed by atoms with Crippen LogP contribution in [-0.4, -0.2) is 45.2 Å². The Kier molecular flexibility index (Phi) is 7.80. The van der Waals surface area contributed by atoms with E-state index in [0.717, 1.165) is 47.8 Å². The summed E-state index contributed by atoms with van der Waals surface area (Å²) in [7, 11) is 4.97. The van der Waals surface area contributed by atoms with Crippen molar-refractivity contribution in [1.29, 1.82) is 0 Å². The molecule has 31 heavy (non-hydrogen) atoms. The first-order chi connectivity index (χ1) is 15.0. The van der Waals surface area contributed by atoms with Gasteiger partial charge in [0.15, 0.2) is 0 Å². The third-order valence-corrected chi connectivity index (χ3v) is 5.97. The van der Waals surface area contributed by atoms with Gasteiger partial charge in [-0.25, -0.2) is 0 Å². The van der Waals surface area contributed by atoms with Crippen molar-refractivity contribution in [2.45, 2.75) is 38.8 Å². The van der Waals surface area contributed by atoms with Crippen molar-refractivity contribution in [3.05, 3.63) is 53.6 Å². The second-order valence-corrected chi connectivity index (χ2v) is 8.30. The Labute approximate surface area is 185 Å². The highest BCUT2D eigenvalue weighted by Gasteiger charge is 2.30. The smallest absolute Gasteiger partial charge is 0.234 e. The van der Waals surface area contributed by atoms with E-state index in [9.17, 15) is 4.79 Å². The summed E-state index contributed by atoms with van der Waals surface area (Å²) in [5.74, 6) is 2.69. The molecule has 0 aliphatic carbocycles. The van der Waals surface area contributed by atoms with E-state index in [2.05, 4.69) is 24.1 Å². The Morgan fingerprint density at radius 3 is 2.32 bits per heavy atom. The number of methoxy groups -OCH3 is 3. The van der Waals surface area contributed by atoms with Crippen LogP contribution in [0.2, 0.25) is 0 Å². The van der Waals surface area contributed by atoms with Crippen molar-refractivity contribution < 1.29 is 19.0 Å². The van der Waals surface area contributed by atoms with Gasteiger partial charge in [0.2, 0.25) is 5.91 Å². The number of nitrogens with zero attached hydrogens (tertiary/aromatic N) is 1. The van der Waals surface area contributed by atoms with Gasteiger partial charge in [-0.1, -0.05) is 32.0 Å². The molecule has 0 bridgehead atoms. The molecule has 0 radical (unpaired) electrons. The van der Waals surface area contributed by atoms with Gasteiger partial charge in [0.05, 0.1) is 33.9 Å². The maximum Gasteiger partial charge on any atom is 0.234 e. The number of likely N-dealkylation sites (tertiary alicyclic amines) is 1. The summed E-state index contributed by atoms with van der Waals surface area (Å²) in [5, 5.41) is 3.24. The average molecular weight is 427 g/mol. The van der Waals surface area contributed by atoms with Crippen LogP contribution in [0.25, 0.3) is 0 Å². The SMILES string of the molecule is COc1ccc(C(NC(=O)CN2CCCC2c2ccc(OC)cc2OC)C(C)C)cc1. The number of nitrogens with one attached hydrogen (secondary N) is 1. The van der Waals surface area contributed by atoms with Gasteiger partial charge in [-0.3, -0.25) is 9.69 Å². The van der Waals surface area contributed by atoms with E-state index < -0.39 is 0 Å². The molecule has 2 atom stereocenters. The second kappa shape index (κ2) is 10.5. The van der Waals surface area contributed by atoms with Crippen LogP contribution < -0.4 is 19.5 Å². The Morgan fingerprint density at radius 1 is 1.03 bits per heavy atom. The molecular weight excluding hydrogens is 392 g/mol. The summed E-state index contributed by atoms with van der Waals surface area (Å²) >= 11 is 0. The van der Waals surface area contributed by atoms with Gasteiger partial charge >= 0.3 is 0 Å². The molecule has 2 aromatic rings. The molecule has 0 aromatic heterocycles. The molecule has 1 aliphatic rings. The van der Waals surface area contributed by atoms with Crippen LogP contribution in [0.1, 0.15) is 49.9 Å². The quantitative estimate of drug-likeness (QED) is 0.646. The van der Waals surface area contributed by atoms with Gasteiger partial charge in [-0.2, -0.15) is 0 Å². The highest BCUT2D eigenvalue weighted by molar-refractivity contribution is 5.78. The molecule has 1 saturated heterocycles. The maximum absolute atomic E-state index is 13.0. The van der Waals surface area contributed by atoms with Crippen molar-refractivity contribution >= 4 is 5.91 Å². The molecule has 1 aliphatic heterocycles. The zero-order chi connectivity index (χ0) is 22.4. The first-order valence-electron chi connectivity index (χ1n) is 10.9. The van der Waals surface area contributed by atoms with Gasteiger partial charge < -0.3 is 19.5 Å². The zero-order valence-corrected chi connectivity index (χ0v) is 19.2. The topological polar surface area (TPSA) is 60.0 Å². The molecule has 6 nitrogen and oxygen atoms in total. The predicted molar refractivity (Wildman–Crippen MR) is 122 cm³/mol. The van der Waals surface area contributed by atoms with Crippen molar-refractivity contribution in [1.82, 2.24) is 10.2 Å². The van der Waals surface area contributed by atoms with Crippen molar-refractivity contribution in [3.8, 4) is 17.2 Å². The average Bonchev–Trinajstić information content (AvgIpc) is 3.24. The van der Waals surface area contributed by atoms with E-state index in [0.29, 0.717) is 6.54 Å². The molecule has 0 spiro atoms. The molecule has 0 saturated carbocycles. The molecule has 2 aromatic carbocycles. The Morgan fingerprint density at radius 2 is 1.71 bits per heavy atom. The summed E-state index contributed by atoms with van der Waals surface area (Å²) in [4.78, 5) is 15.3. The fraction of sp³-hybridized carbons (Fsp3) is 0.480. The van der Waals surface area contributed by atoms with Crippen LogP contribution in [0, 0.1) is 5.92 Å². The lowest BCUT2D eigenvalue weighted by molar-refractivity contribution is -0.123. The van der Waals surface area contributed by atoms with E-state index in [1.54, 1.807) is 21.3 Å². The Hall–Kier alpha value is -2.73. The van der Waals surface area contributed by atoms with Crippen LogP contribution in [0.3, 0.4) is 0 Å². The van der Waals surface area contributed by atoms with Gasteiger partial charge in [0, 0.05) is 17.7 Å². The molecule has 1 amide bonds. The third-order valence-electron chi connectivity index (χ3n) is 5.97. The molecule has 1 heterocycles. The van der Waals surface area contributed by atoms with Crippen LogP contribution in [0.15, 0.2) is 42.5 Å². The summed E-state index contributed by atoms with van der Waals surface area (Å²) < 4.78 is 16.2. The first-order valence-corrected chi connectivity index (χ1v) is 10.9. The Bertz CT molecular complexity index is 866. The molecule has 3 rings (SSSR count). The van der Waals surface area contributed by atoms with Crippen LogP contribution in [-0.2, 0) is 4.79 Å². The summed E-state index contributed by atoms with van der Waals surface area (Å²) in [6, 6.07) is 13.9. The van der Waals surface area contributed by atoms with Crippen LogP contribution in [0.5, 0.6) is 17.2 Å². The minimum atomic E-state index is -0.0463. The molecular formula is C25H34N2O4. The fourth-order valence-electron chi connectivity index (χ4n) is 4.31. The van der Waals surface area contributed by atoms with E-state index in [-0.39, 0.29) is 23.9 Å². The number of carbonyl (C=O) groups is 1. The minimum absolute atomic E-state index is 0.0360.